The highest BCUT2D eigenvalue weighted by Gasteiger charge is 2.43. The summed E-state index contributed by atoms with van der Waals surface area (Å²) in [5.41, 5.74) is 0.944. The van der Waals surface area contributed by atoms with E-state index in [2.05, 4.69) is 5.32 Å². The Morgan fingerprint density at radius 3 is 2.86 bits per heavy atom. The number of carboxylic acids is 1. The number of nitrogens with zero attached hydrogens (tertiary/aromatic N) is 1. The van der Waals surface area contributed by atoms with Crippen molar-refractivity contribution in [2.45, 2.75) is 24.8 Å². The fraction of sp³-hybridized carbons (Fsp3) is 0.562. The van der Waals surface area contributed by atoms with Crippen LogP contribution in [-0.2, 0) is 16.8 Å². The van der Waals surface area contributed by atoms with Crippen molar-refractivity contribution in [3.05, 3.63) is 29.3 Å². The summed E-state index contributed by atoms with van der Waals surface area (Å²) in [4.78, 5) is 14.0. The van der Waals surface area contributed by atoms with E-state index < -0.39 is 11.5 Å². The van der Waals surface area contributed by atoms with Crippen molar-refractivity contribution < 1.29 is 14.6 Å². The summed E-state index contributed by atoms with van der Waals surface area (Å²) in [5.74, 6) is -0.105. The highest BCUT2D eigenvalue weighted by Crippen LogP contribution is 2.37. The maximum Gasteiger partial charge on any atom is 0.328 e. The molecular formula is C16H24N2O3. The molecule has 0 bridgehead atoms. The summed E-state index contributed by atoms with van der Waals surface area (Å²) in [5, 5.41) is 13.1. The molecule has 116 valence electrons. The highest BCUT2D eigenvalue weighted by atomic mass is 16.5. The highest BCUT2D eigenvalue weighted by molar-refractivity contribution is 5.82. The van der Waals surface area contributed by atoms with Gasteiger partial charge in [-0.3, -0.25) is 5.32 Å². The number of aliphatic carboxylic acids is 1. The molecule has 1 unspecified atom stereocenters. The number of hydrogen-bond acceptors (Lipinski definition) is 4. The summed E-state index contributed by atoms with van der Waals surface area (Å²) >= 11 is 0. The molecule has 0 aromatic heterocycles. The van der Waals surface area contributed by atoms with Crippen molar-refractivity contribution in [1.82, 2.24) is 10.2 Å². The minimum absolute atomic E-state index is 0.607. The van der Waals surface area contributed by atoms with Gasteiger partial charge < -0.3 is 14.7 Å². The van der Waals surface area contributed by atoms with Gasteiger partial charge in [-0.1, -0.05) is 6.07 Å². The number of methoxy groups -OCH3 is 1. The number of benzene rings is 1. The van der Waals surface area contributed by atoms with Crippen molar-refractivity contribution >= 4 is 5.97 Å². The van der Waals surface area contributed by atoms with E-state index in [4.69, 9.17) is 4.74 Å². The molecule has 0 heterocycles. The molecule has 1 aliphatic rings. The molecular weight excluding hydrogens is 268 g/mol. The van der Waals surface area contributed by atoms with Gasteiger partial charge in [0, 0.05) is 13.1 Å². The van der Waals surface area contributed by atoms with Crippen molar-refractivity contribution in [2.24, 2.45) is 0 Å². The molecule has 0 radical (unpaired) electrons. The first-order valence-electron chi connectivity index (χ1n) is 7.30. The standard InChI is InChI=1S/C16H24N2O3/c1-18(2)10-9-17-16(15(19)20)8-4-5-12-6-7-13(21-3)11-14(12)16/h6-7,11,17H,4-5,8-10H2,1-3H3,(H,19,20). The van der Waals surface area contributed by atoms with Crippen LogP contribution >= 0.6 is 0 Å². The molecule has 21 heavy (non-hydrogen) atoms. The zero-order valence-electron chi connectivity index (χ0n) is 13.0. The Balaban J connectivity index is 2.36. The van der Waals surface area contributed by atoms with Crippen LogP contribution in [0, 0.1) is 0 Å². The summed E-state index contributed by atoms with van der Waals surface area (Å²) < 4.78 is 5.27. The number of nitrogens with one attached hydrogen (secondary N) is 1. The molecule has 1 aromatic carbocycles. The fourth-order valence-corrected chi connectivity index (χ4v) is 2.95. The summed E-state index contributed by atoms with van der Waals surface area (Å²) in [6.45, 7) is 1.43. The number of carboxylic acid groups (broad SMARTS) is 1. The molecule has 5 nitrogen and oxygen atoms in total. The van der Waals surface area contributed by atoms with E-state index in [-0.39, 0.29) is 0 Å². The Bertz CT molecular complexity index is 516. The third kappa shape index (κ3) is 3.19. The van der Waals surface area contributed by atoms with Gasteiger partial charge in [0.2, 0.25) is 0 Å². The van der Waals surface area contributed by atoms with Crippen molar-refractivity contribution in [3.8, 4) is 5.75 Å². The van der Waals surface area contributed by atoms with Crippen LogP contribution in [0.25, 0.3) is 0 Å². The Morgan fingerprint density at radius 1 is 1.48 bits per heavy atom. The molecule has 0 saturated carbocycles. The molecule has 1 atom stereocenters. The number of rotatable bonds is 6. The maximum atomic E-state index is 12.0. The van der Waals surface area contributed by atoms with E-state index in [1.54, 1.807) is 7.11 Å². The van der Waals surface area contributed by atoms with Crippen LogP contribution in [-0.4, -0.2) is 50.3 Å². The molecule has 1 aromatic rings. The summed E-state index contributed by atoms with van der Waals surface area (Å²) in [6.07, 6.45) is 2.40. The van der Waals surface area contributed by atoms with Crippen LogP contribution in [0.2, 0.25) is 0 Å². The van der Waals surface area contributed by atoms with Gasteiger partial charge in [0.15, 0.2) is 0 Å². The molecule has 1 aliphatic carbocycles. The Morgan fingerprint density at radius 2 is 2.24 bits per heavy atom. The molecule has 5 heteroatoms. The number of ether oxygens (including phenoxy) is 1. The van der Waals surface area contributed by atoms with Crippen LogP contribution in [0.15, 0.2) is 18.2 Å². The average molecular weight is 292 g/mol. The Kier molecular flexibility index (Phi) is 4.85. The van der Waals surface area contributed by atoms with Crippen LogP contribution in [0.5, 0.6) is 5.75 Å². The van der Waals surface area contributed by atoms with E-state index in [0.717, 1.165) is 30.5 Å². The van der Waals surface area contributed by atoms with Crippen LogP contribution in [0.3, 0.4) is 0 Å². The summed E-state index contributed by atoms with van der Waals surface area (Å²) in [6, 6.07) is 5.75. The fourth-order valence-electron chi connectivity index (χ4n) is 2.95. The maximum absolute atomic E-state index is 12.0. The van der Waals surface area contributed by atoms with Gasteiger partial charge in [-0.25, -0.2) is 4.79 Å². The predicted molar refractivity (Wildman–Crippen MR) is 81.8 cm³/mol. The molecule has 2 N–H and O–H groups in total. The number of likely N-dealkylation sites (N-methyl/N-ethyl adjacent to an activating group) is 1. The van der Waals surface area contributed by atoms with E-state index >= 15 is 0 Å². The van der Waals surface area contributed by atoms with E-state index in [9.17, 15) is 9.90 Å². The minimum Gasteiger partial charge on any atom is -0.497 e. The molecule has 0 saturated heterocycles. The first kappa shape index (κ1) is 15.8. The average Bonchev–Trinajstić information content (AvgIpc) is 2.46. The monoisotopic (exact) mass is 292 g/mol. The Labute approximate surface area is 125 Å². The van der Waals surface area contributed by atoms with E-state index in [1.165, 1.54) is 0 Å². The van der Waals surface area contributed by atoms with Gasteiger partial charge >= 0.3 is 5.97 Å². The SMILES string of the molecule is COc1ccc2c(c1)C(NCCN(C)C)(C(=O)O)CCC2. The number of carbonyl (C=O) groups is 1. The lowest BCUT2D eigenvalue weighted by Gasteiger charge is -2.37. The van der Waals surface area contributed by atoms with E-state index in [1.807, 2.05) is 37.2 Å². The predicted octanol–water partition coefficient (Wildman–Crippen LogP) is 1.46. The van der Waals surface area contributed by atoms with Crippen molar-refractivity contribution in [1.29, 1.82) is 0 Å². The zero-order valence-corrected chi connectivity index (χ0v) is 13.0. The third-order valence-corrected chi connectivity index (χ3v) is 4.13. The first-order valence-corrected chi connectivity index (χ1v) is 7.30. The van der Waals surface area contributed by atoms with Crippen molar-refractivity contribution in [3.63, 3.8) is 0 Å². The molecule has 2 rings (SSSR count). The van der Waals surface area contributed by atoms with E-state index in [0.29, 0.717) is 18.7 Å². The molecule has 0 spiro atoms. The van der Waals surface area contributed by atoms with Gasteiger partial charge in [0.25, 0.3) is 0 Å². The topological polar surface area (TPSA) is 61.8 Å². The largest absolute Gasteiger partial charge is 0.497 e. The van der Waals surface area contributed by atoms with Crippen LogP contribution in [0.4, 0.5) is 0 Å². The molecule has 0 fully saturated rings. The van der Waals surface area contributed by atoms with Crippen LogP contribution < -0.4 is 10.1 Å². The first-order chi connectivity index (χ1) is 9.99. The second-order valence-electron chi connectivity index (χ2n) is 5.82. The number of fused-ring (bicyclic) bond motifs is 1. The smallest absolute Gasteiger partial charge is 0.328 e. The second-order valence-corrected chi connectivity index (χ2v) is 5.82. The quantitative estimate of drug-likeness (QED) is 0.831. The third-order valence-electron chi connectivity index (χ3n) is 4.13. The van der Waals surface area contributed by atoms with Crippen molar-refractivity contribution in [2.75, 3.05) is 34.3 Å². The summed E-state index contributed by atoms with van der Waals surface area (Å²) in [7, 11) is 5.56. The number of aryl methyl sites for hydroxylation is 1. The van der Waals surface area contributed by atoms with Gasteiger partial charge in [-0.2, -0.15) is 0 Å². The molecule has 0 amide bonds. The second kappa shape index (κ2) is 6.45. The van der Waals surface area contributed by atoms with Crippen LogP contribution in [0.1, 0.15) is 24.0 Å². The Hall–Kier alpha value is -1.59. The lowest BCUT2D eigenvalue weighted by Crippen LogP contribution is -2.52. The van der Waals surface area contributed by atoms with Gasteiger partial charge in [-0.15, -0.1) is 0 Å². The molecule has 0 aliphatic heterocycles. The van der Waals surface area contributed by atoms with Gasteiger partial charge in [-0.05, 0) is 56.6 Å². The number of hydrogen-bond donors (Lipinski definition) is 2. The lowest BCUT2D eigenvalue weighted by atomic mass is 9.76. The normalized spacial score (nSPS) is 21.1. The van der Waals surface area contributed by atoms with Gasteiger partial charge in [0.05, 0.1) is 7.11 Å². The lowest BCUT2D eigenvalue weighted by molar-refractivity contribution is -0.146. The zero-order chi connectivity index (χ0) is 15.5. The van der Waals surface area contributed by atoms with Gasteiger partial charge in [0.1, 0.15) is 11.3 Å². The minimum atomic E-state index is -1.00.